The monoisotopic (exact) mass is 303 g/mol. The molecule has 0 aliphatic heterocycles. The first-order chi connectivity index (χ1) is 8.65. The summed E-state index contributed by atoms with van der Waals surface area (Å²) in [6, 6.07) is 15.5. The number of nitrogens with one attached hydrogen (secondary N) is 1. The molecule has 92 valence electrons. The summed E-state index contributed by atoms with van der Waals surface area (Å²) >= 11 is 3.40. The minimum atomic E-state index is 0.00222. The average Bonchev–Trinajstić information content (AvgIpc) is 2.32. The van der Waals surface area contributed by atoms with Gasteiger partial charge in [0.25, 0.3) is 0 Å². The molecule has 0 atom stereocenters. The summed E-state index contributed by atoms with van der Waals surface area (Å²) in [6.45, 7) is 1.98. The minimum Gasteiger partial charge on any atom is -0.326 e. The predicted molar refractivity (Wildman–Crippen MR) is 77.7 cm³/mol. The van der Waals surface area contributed by atoms with Crippen molar-refractivity contribution in [3.05, 3.63) is 64.1 Å². The maximum Gasteiger partial charge on any atom is 0.228 e. The van der Waals surface area contributed by atoms with Gasteiger partial charge in [-0.2, -0.15) is 0 Å². The van der Waals surface area contributed by atoms with E-state index in [2.05, 4.69) is 21.2 Å². The summed E-state index contributed by atoms with van der Waals surface area (Å²) in [5.74, 6) is 0.00222. The summed E-state index contributed by atoms with van der Waals surface area (Å²) in [7, 11) is 0. The van der Waals surface area contributed by atoms with Crippen molar-refractivity contribution in [3.8, 4) is 0 Å². The third-order valence-electron chi connectivity index (χ3n) is 2.67. The molecule has 2 aromatic rings. The van der Waals surface area contributed by atoms with Gasteiger partial charge in [0.05, 0.1) is 6.42 Å². The molecule has 0 aliphatic rings. The third-order valence-corrected chi connectivity index (χ3v) is 3.17. The van der Waals surface area contributed by atoms with Crippen molar-refractivity contribution < 1.29 is 4.79 Å². The molecule has 1 amide bonds. The molecule has 18 heavy (non-hydrogen) atoms. The van der Waals surface area contributed by atoms with Gasteiger partial charge in [-0.15, -0.1) is 0 Å². The molecule has 0 radical (unpaired) electrons. The molecular formula is C15H14BrNO. The highest BCUT2D eigenvalue weighted by Gasteiger charge is 2.05. The highest BCUT2D eigenvalue weighted by Crippen LogP contribution is 2.15. The molecule has 0 spiro atoms. The first-order valence-electron chi connectivity index (χ1n) is 5.75. The van der Waals surface area contributed by atoms with Crippen LogP contribution in [0, 0.1) is 6.92 Å². The Bertz CT molecular complexity index is 566. The zero-order valence-corrected chi connectivity index (χ0v) is 11.7. The Kier molecular flexibility index (Phi) is 4.15. The maximum atomic E-state index is 11.9. The smallest absolute Gasteiger partial charge is 0.228 e. The normalized spacial score (nSPS) is 10.1. The lowest BCUT2D eigenvalue weighted by Gasteiger charge is -2.08. The molecule has 2 aromatic carbocycles. The summed E-state index contributed by atoms with van der Waals surface area (Å²) in [6.07, 6.45) is 0.383. The Morgan fingerprint density at radius 3 is 2.67 bits per heavy atom. The van der Waals surface area contributed by atoms with Crippen molar-refractivity contribution in [1.82, 2.24) is 0 Å². The van der Waals surface area contributed by atoms with E-state index in [1.807, 2.05) is 55.5 Å². The standard InChI is InChI=1S/C15H14BrNO/c1-11-5-2-3-8-14(11)17-15(18)10-12-6-4-7-13(16)9-12/h2-9H,10H2,1H3,(H,17,18). The fourth-order valence-electron chi connectivity index (χ4n) is 1.74. The number of carbonyl (C=O) groups excluding carboxylic acids is 1. The molecule has 3 heteroatoms. The van der Waals surface area contributed by atoms with E-state index < -0.39 is 0 Å². The lowest BCUT2D eigenvalue weighted by molar-refractivity contribution is -0.115. The van der Waals surface area contributed by atoms with Crippen LogP contribution in [0.15, 0.2) is 53.0 Å². The molecule has 2 rings (SSSR count). The van der Waals surface area contributed by atoms with Gasteiger partial charge in [-0.3, -0.25) is 4.79 Å². The Morgan fingerprint density at radius 2 is 1.94 bits per heavy atom. The number of aryl methyl sites for hydroxylation is 1. The number of benzene rings is 2. The second-order valence-corrected chi connectivity index (χ2v) is 5.09. The second-order valence-electron chi connectivity index (χ2n) is 4.17. The zero-order chi connectivity index (χ0) is 13.0. The summed E-state index contributed by atoms with van der Waals surface area (Å²) in [5.41, 5.74) is 2.94. The van der Waals surface area contributed by atoms with E-state index in [-0.39, 0.29) is 5.91 Å². The van der Waals surface area contributed by atoms with E-state index in [0.29, 0.717) is 6.42 Å². The molecule has 2 nitrogen and oxygen atoms in total. The quantitative estimate of drug-likeness (QED) is 0.914. The van der Waals surface area contributed by atoms with Crippen LogP contribution in [0.3, 0.4) is 0 Å². The molecule has 0 bridgehead atoms. The van der Waals surface area contributed by atoms with Crippen molar-refractivity contribution >= 4 is 27.5 Å². The number of hydrogen-bond acceptors (Lipinski definition) is 1. The molecular weight excluding hydrogens is 290 g/mol. The van der Waals surface area contributed by atoms with Crippen molar-refractivity contribution in [3.63, 3.8) is 0 Å². The molecule has 1 N–H and O–H groups in total. The number of carbonyl (C=O) groups is 1. The van der Waals surface area contributed by atoms with Crippen LogP contribution in [0.2, 0.25) is 0 Å². The largest absolute Gasteiger partial charge is 0.326 e. The zero-order valence-electron chi connectivity index (χ0n) is 10.1. The molecule has 0 saturated heterocycles. The second kappa shape index (κ2) is 5.83. The number of hydrogen-bond donors (Lipinski definition) is 1. The predicted octanol–water partition coefficient (Wildman–Crippen LogP) is 3.94. The lowest BCUT2D eigenvalue weighted by Crippen LogP contribution is -2.15. The topological polar surface area (TPSA) is 29.1 Å². The van der Waals surface area contributed by atoms with Crippen LogP contribution in [-0.4, -0.2) is 5.91 Å². The first kappa shape index (κ1) is 12.8. The minimum absolute atomic E-state index is 0.00222. The van der Waals surface area contributed by atoms with E-state index in [9.17, 15) is 4.79 Å². The highest BCUT2D eigenvalue weighted by molar-refractivity contribution is 9.10. The third kappa shape index (κ3) is 3.44. The van der Waals surface area contributed by atoms with Gasteiger partial charge in [-0.05, 0) is 36.2 Å². The number of halogens is 1. The summed E-state index contributed by atoms with van der Waals surface area (Å²) < 4.78 is 0.990. The van der Waals surface area contributed by atoms with E-state index in [1.165, 1.54) is 0 Å². The van der Waals surface area contributed by atoms with E-state index >= 15 is 0 Å². The van der Waals surface area contributed by atoms with Crippen LogP contribution in [0.4, 0.5) is 5.69 Å². The summed E-state index contributed by atoms with van der Waals surface area (Å²) in [5, 5.41) is 2.92. The maximum absolute atomic E-state index is 11.9. The Balaban J connectivity index is 2.03. The van der Waals surface area contributed by atoms with Gasteiger partial charge in [-0.1, -0.05) is 46.3 Å². The van der Waals surface area contributed by atoms with Crippen molar-refractivity contribution in [2.75, 3.05) is 5.32 Å². The molecule has 0 fully saturated rings. The molecule has 0 heterocycles. The first-order valence-corrected chi connectivity index (χ1v) is 6.54. The lowest BCUT2D eigenvalue weighted by atomic mass is 10.1. The van der Waals surface area contributed by atoms with Crippen LogP contribution < -0.4 is 5.32 Å². The fraction of sp³-hybridized carbons (Fsp3) is 0.133. The molecule has 0 saturated carbocycles. The van der Waals surface area contributed by atoms with Crippen molar-refractivity contribution in [2.45, 2.75) is 13.3 Å². The number of para-hydroxylation sites is 1. The highest BCUT2D eigenvalue weighted by atomic mass is 79.9. The van der Waals surface area contributed by atoms with Crippen molar-refractivity contribution in [1.29, 1.82) is 0 Å². The van der Waals surface area contributed by atoms with Crippen LogP contribution in [0.25, 0.3) is 0 Å². The molecule has 0 unspecified atom stereocenters. The van der Waals surface area contributed by atoms with Gasteiger partial charge in [0, 0.05) is 10.2 Å². The van der Waals surface area contributed by atoms with E-state index in [1.54, 1.807) is 0 Å². The molecule has 0 aliphatic carbocycles. The number of rotatable bonds is 3. The average molecular weight is 304 g/mol. The van der Waals surface area contributed by atoms with Crippen molar-refractivity contribution in [2.24, 2.45) is 0 Å². The van der Waals surface area contributed by atoms with Gasteiger partial charge in [-0.25, -0.2) is 0 Å². The Labute approximate surface area is 115 Å². The molecule has 0 aromatic heterocycles. The Hall–Kier alpha value is -1.61. The van der Waals surface area contributed by atoms with Crippen LogP contribution in [0.1, 0.15) is 11.1 Å². The SMILES string of the molecule is Cc1ccccc1NC(=O)Cc1cccc(Br)c1. The Morgan fingerprint density at radius 1 is 1.17 bits per heavy atom. The van der Waals surface area contributed by atoms with E-state index in [4.69, 9.17) is 0 Å². The van der Waals surface area contributed by atoms with Gasteiger partial charge < -0.3 is 5.32 Å². The fourth-order valence-corrected chi connectivity index (χ4v) is 2.19. The summed E-state index contributed by atoms with van der Waals surface area (Å²) in [4.78, 5) is 11.9. The van der Waals surface area contributed by atoms with E-state index in [0.717, 1.165) is 21.3 Å². The number of amides is 1. The van der Waals surface area contributed by atoms with Gasteiger partial charge in [0.1, 0.15) is 0 Å². The van der Waals surface area contributed by atoms with Crippen LogP contribution in [0.5, 0.6) is 0 Å². The van der Waals surface area contributed by atoms with Crippen LogP contribution in [-0.2, 0) is 11.2 Å². The van der Waals surface area contributed by atoms with Gasteiger partial charge in [0.15, 0.2) is 0 Å². The number of anilines is 1. The van der Waals surface area contributed by atoms with Gasteiger partial charge >= 0.3 is 0 Å². The van der Waals surface area contributed by atoms with Gasteiger partial charge in [0.2, 0.25) is 5.91 Å². The van der Waals surface area contributed by atoms with Crippen LogP contribution >= 0.6 is 15.9 Å².